The molecule has 0 radical (unpaired) electrons. The fourth-order valence-corrected chi connectivity index (χ4v) is 1.60. The van der Waals surface area contributed by atoms with Gasteiger partial charge in [0, 0.05) is 18.6 Å². The molecule has 0 saturated heterocycles. The van der Waals surface area contributed by atoms with Crippen molar-refractivity contribution in [1.29, 1.82) is 0 Å². The topological polar surface area (TPSA) is 103 Å². The predicted molar refractivity (Wildman–Crippen MR) is 73.9 cm³/mol. The van der Waals surface area contributed by atoms with E-state index in [4.69, 9.17) is 5.11 Å². The first-order valence-electron chi connectivity index (χ1n) is 6.20. The molecule has 1 aromatic heterocycles. The highest BCUT2D eigenvalue weighted by molar-refractivity contribution is 5.87. The molecule has 0 bridgehead atoms. The van der Waals surface area contributed by atoms with Crippen LogP contribution in [0, 0.1) is 0 Å². The van der Waals surface area contributed by atoms with Crippen molar-refractivity contribution in [3.63, 3.8) is 0 Å². The molecule has 2 aromatic rings. The van der Waals surface area contributed by atoms with Gasteiger partial charge in [-0.05, 0) is 6.42 Å². The van der Waals surface area contributed by atoms with E-state index in [9.17, 15) is 4.79 Å². The third-order valence-electron chi connectivity index (χ3n) is 2.56. The first kappa shape index (κ1) is 13.9. The van der Waals surface area contributed by atoms with Gasteiger partial charge in [-0.15, -0.1) is 0 Å². The van der Waals surface area contributed by atoms with Crippen molar-refractivity contribution in [3.05, 3.63) is 36.0 Å². The van der Waals surface area contributed by atoms with Gasteiger partial charge in [0.05, 0.1) is 6.21 Å². The normalized spacial score (nSPS) is 10.8. The van der Waals surface area contributed by atoms with E-state index in [2.05, 4.69) is 25.9 Å². The average Bonchev–Trinajstić information content (AvgIpc) is 2.94. The molecule has 0 atom stereocenters. The number of aromatic nitrogens is 3. The van der Waals surface area contributed by atoms with Gasteiger partial charge in [0.15, 0.2) is 0 Å². The molecular formula is C13H15N5O2. The molecule has 104 valence electrons. The third kappa shape index (κ3) is 3.72. The number of carbonyl (C=O) groups is 1. The number of H-pyrrole nitrogens is 1. The number of benzene rings is 1. The summed E-state index contributed by atoms with van der Waals surface area (Å²) in [6.07, 6.45) is 2.08. The molecule has 1 heterocycles. The first-order valence-corrected chi connectivity index (χ1v) is 6.20. The minimum Gasteiger partial charge on any atom is -0.396 e. The van der Waals surface area contributed by atoms with Gasteiger partial charge < -0.3 is 5.11 Å². The molecule has 7 heteroatoms. The summed E-state index contributed by atoms with van der Waals surface area (Å²) in [6.45, 7) is -0.0153. The van der Waals surface area contributed by atoms with Crippen LogP contribution in [0.5, 0.6) is 0 Å². The Labute approximate surface area is 115 Å². The van der Waals surface area contributed by atoms with E-state index in [0.717, 1.165) is 5.56 Å². The predicted octanol–water partition coefficient (Wildman–Crippen LogP) is 0.694. The van der Waals surface area contributed by atoms with Crippen LogP contribution in [0.4, 0.5) is 0 Å². The van der Waals surface area contributed by atoms with E-state index in [1.165, 1.54) is 6.21 Å². The summed E-state index contributed by atoms with van der Waals surface area (Å²) < 4.78 is 0. The van der Waals surface area contributed by atoms with Crippen molar-refractivity contribution in [2.24, 2.45) is 5.10 Å². The maximum atomic E-state index is 11.3. The third-order valence-corrected chi connectivity index (χ3v) is 2.56. The Morgan fingerprint density at radius 3 is 2.90 bits per heavy atom. The van der Waals surface area contributed by atoms with Gasteiger partial charge in [-0.1, -0.05) is 30.3 Å². The lowest BCUT2D eigenvalue weighted by molar-refractivity contribution is -0.121. The zero-order chi connectivity index (χ0) is 14.2. The molecule has 1 aromatic carbocycles. The molecule has 0 spiro atoms. The zero-order valence-corrected chi connectivity index (χ0v) is 10.8. The van der Waals surface area contributed by atoms with Gasteiger partial charge in [0.1, 0.15) is 11.4 Å². The Hall–Kier alpha value is -2.54. The van der Waals surface area contributed by atoms with Gasteiger partial charge in [0.25, 0.3) is 0 Å². The number of nitrogens with zero attached hydrogens (tertiary/aromatic N) is 3. The molecule has 0 saturated carbocycles. The molecule has 7 nitrogen and oxygen atoms in total. The highest BCUT2D eigenvalue weighted by atomic mass is 16.3. The van der Waals surface area contributed by atoms with Crippen molar-refractivity contribution < 1.29 is 9.90 Å². The van der Waals surface area contributed by atoms with E-state index in [-0.39, 0.29) is 18.9 Å². The number of hydrazone groups is 1. The maximum Gasteiger partial charge on any atom is 0.240 e. The van der Waals surface area contributed by atoms with E-state index in [0.29, 0.717) is 17.8 Å². The quantitative estimate of drug-likeness (QED) is 0.532. The fraction of sp³-hybridized carbons (Fsp3) is 0.231. The summed E-state index contributed by atoms with van der Waals surface area (Å²) >= 11 is 0. The second kappa shape index (κ2) is 7.15. The van der Waals surface area contributed by atoms with Crippen molar-refractivity contribution >= 4 is 12.1 Å². The Kier molecular flexibility index (Phi) is 4.96. The van der Waals surface area contributed by atoms with Crippen molar-refractivity contribution in [1.82, 2.24) is 20.8 Å². The number of nitrogens with one attached hydrogen (secondary N) is 2. The molecule has 0 aliphatic carbocycles. The van der Waals surface area contributed by atoms with E-state index >= 15 is 0 Å². The number of hydrogen-bond donors (Lipinski definition) is 3. The fourth-order valence-electron chi connectivity index (χ4n) is 1.60. The summed E-state index contributed by atoms with van der Waals surface area (Å²) in [6, 6.07) is 9.55. The minimum absolute atomic E-state index is 0.0153. The SMILES string of the molecule is O=C(CCCO)N/N=C/c1n[nH]nc1-c1ccccc1. The molecule has 0 aliphatic heterocycles. The average molecular weight is 273 g/mol. The van der Waals surface area contributed by atoms with Gasteiger partial charge in [-0.3, -0.25) is 4.79 Å². The number of aliphatic hydroxyl groups excluding tert-OH is 1. The van der Waals surface area contributed by atoms with Crippen LogP contribution in [0.3, 0.4) is 0 Å². The number of amides is 1. The number of rotatable bonds is 6. The Morgan fingerprint density at radius 2 is 2.15 bits per heavy atom. The Bertz CT molecular complexity index is 579. The van der Waals surface area contributed by atoms with Crippen LogP contribution < -0.4 is 5.43 Å². The van der Waals surface area contributed by atoms with E-state index in [1.54, 1.807) is 0 Å². The van der Waals surface area contributed by atoms with Crippen molar-refractivity contribution in [2.75, 3.05) is 6.61 Å². The van der Waals surface area contributed by atoms with Crippen LogP contribution in [-0.2, 0) is 4.79 Å². The molecular weight excluding hydrogens is 258 g/mol. The number of aromatic amines is 1. The lowest BCUT2D eigenvalue weighted by Crippen LogP contribution is -2.17. The lowest BCUT2D eigenvalue weighted by Gasteiger charge is -1.98. The number of hydrogen-bond acceptors (Lipinski definition) is 5. The minimum atomic E-state index is -0.250. The van der Waals surface area contributed by atoms with Gasteiger partial charge in [-0.25, -0.2) is 5.43 Å². The largest absolute Gasteiger partial charge is 0.396 e. The summed E-state index contributed by atoms with van der Waals surface area (Å²) in [5.74, 6) is -0.250. The highest BCUT2D eigenvalue weighted by Crippen LogP contribution is 2.17. The number of carbonyl (C=O) groups excluding carboxylic acids is 1. The maximum absolute atomic E-state index is 11.3. The van der Waals surface area contributed by atoms with Gasteiger partial charge >= 0.3 is 0 Å². The second-order valence-electron chi connectivity index (χ2n) is 4.04. The van der Waals surface area contributed by atoms with Crippen LogP contribution in [0.2, 0.25) is 0 Å². The number of aliphatic hydroxyl groups is 1. The molecule has 1 amide bonds. The van der Waals surface area contributed by atoms with E-state index in [1.807, 2.05) is 30.3 Å². The highest BCUT2D eigenvalue weighted by Gasteiger charge is 2.07. The lowest BCUT2D eigenvalue weighted by atomic mass is 10.1. The monoisotopic (exact) mass is 273 g/mol. The van der Waals surface area contributed by atoms with Crippen molar-refractivity contribution in [2.45, 2.75) is 12.8 Å². The van der Waals surface area contributed by atoms with Gasteiger partial charge in [0.2, 0.25) is 5.91 Å². The molecule has 0 unspecified atom stereocenters. The van der Waals surface area contributed by atoms with Crippen LogP contribution >= 0.6 is 0 Å². The Morgan fingerprint density at radius 1 is 1.35 bits per heavy atom. The van der Waals surface area contributed by atoms with E-state index < -0.39 is 0 Å². The van der Waals surface area contributed by atoms with Crippen LogP contribution in [0.1, 0.15) is 18.5 Å². The summed E-state index contributed by atoms with van der Waals surface area (Å²) in [5.41, 5.74) is 4.49. The van der Waals surface area contributed by atoms with Gasteiger partial charge in [-0.2, -0.15) is 20.5 Å². The second-order valence-corrected chi connectivity index (χ2v) is 4.04. The first-order chi connectivity index (χ1) is 9.81. The Balaban J connectivity index is 2.01. The van der Waals surface area contributed by atoms with Crippen molar-refractivity contribution in [3.8, 4) is 11.3 Å². The van der Waals surface area contributed by atoms with Crippen LogP contribution in [-0.4, -0.2) is 39.2 Å². The molecule has 0 fully saturated rings. The van der Waals surface area contributed by atoms with Crippen LogP contribution in [0.25, 0.3) is 11.3 Å². The van der Waals surface area contributed by atoms with Crippen LogP contribution in [0.15, 0.2) is 35.4 Å². The molecule has 20 heavy (non-hydrogen) atoms. The molecule has 0 aliphatic rings. The molecule has 2 rings (SSSR count). The summed E-state index contributed by atoms with van der Waals surface area (Å²) in [7, 11) is 0. The zero-order valence-electron chi connectivity index (χ0n) is 10.8. The summed E-state index contributed by atoms with van der Waals surface area (Å²) in [4.78, 5) is 11.3. The summed E-state index contributed by atoms with van der Waals surface area (Å²) in [5, 5.41) is 23.0. The standard InChI is InChI=1S/C13H15N5O2/c19-8-4-7-12(20)16-14-9-11-13(17-18-15-11)10-5-2-1-3-6-10/h1-3,5-6,9,19H,4,7-8H2,(H,16,20)(H,15,17,18)/b14-9+. The molecule has 3 N–H and O–H groups in total. The smallest absolute Gasteiger partial charge is 0.240 e.